The van der Waals surface area contributed by atoms with Crippen molar-refractivity contribution in [2.75, 3.05) is 17.7 Å². The van der Waals surface area contributed by atoms with E-state index < -0.39 is 0 Å². The molecule has 0 radical (unpaired) electrons. The maximum atomic E-state index is 13.2. The SMILES string of the molecule is CC(C)CCOc1ccc2c(c1)CCc1cnc(-n3cc(C(=O)Nc4ccc(CCC5CCC(C)CC5)cc4)c(N)n3)nc1-2. The van der Waals surface area contributed by atoms with E-state index >= 15 is 0 Å². The van der Waals surface area contributed by atoms with Crippen LogP contribution >= 0.6 is 0 Å². The van der Waals surface area contributed by atoms with Crippen LogP contribution < -0.4 is 15.8 Å². The van der Waals surface area contributed by atoms with E-state index in [1.54, 1.807) is 6.20 Å². The highest BCUT2D eigenvalue weighted by Gasteiger charge is 2.22. The number of benzene rings is 2. The van der Waals surface area contributed by atoms with Gasteiger partial charge in [0.05, 0.1) is 12.3 Å². The van der Waals surface area contributed by atoms with E-state index in [1.807, 2.05) is 24.4 Å². The minimum atomic E-state index is -0.314. The van der Waals surface area contributed by atoms with Crippen LogP contribution in [0.25, 0.3) is 17.2 Å². The average Bonchev–Trinajstić information content (AvgIpc) is 3.42. The second-order valence-electron chi connectivity index (χ2n) is 13.1. The van der Waals surface area contributed by atoms with Crippen molar-refractivity contribution < 1.29 is 9.53 Å². The van der Waals surface area contributed by atoms with Gasteiger partial charge >= 0.3 is 0 Å². The molecule has 1 amide bonds. The normalized spacial score (nSPS) is 17.6. The molecule has 2 heterocycles. The zero-order valence-corrected chi connectivity index (χ0v) is 26.2. The maximum Gasteiger partial charge on any atom is 0.261 e. The predicted molar refractivity (Wildman–Crippen MR) is 175 cm³/mol. The van der Waals surface area contributed by atoms with Gasteiger partial charge in [-0.3, -0.25) is 4.79 Å². The van der Waals surface area contributed by atoms with Crippen LogP contribution in [-0.4, -0.2) is 32.3 Å². The number of amides is 1. The van der Waals surface area contributed by atoms with E-state index in [1.165, 1.54) is 47.9 Å². The Hall–Kier alpha value is -4.20. The molecule has 2 aromatic heterocycles. The number of carbonyl (C=O) groups is 1. The van der Waals surface area contributed by atoms with Crippen LogP contribution in [0.5, 0.6) is 5.75 Å². The fourth-order valence-corrected chi connectivity index (χ4v) is 6.31. The molecule has 0 atom stereocenters. The summed E-state index contributed by atoms with van der Waals surface area (Å²) in [6.45, 7) is 7.47. The molecule has 2 aliphatic rings. The summed E-state index contributed by atoms with van der Waals surface area (Å²) in [6.07, 6.45) is 14.0. The number of anilines is 2. The third-order valence-corrected chi connectivity index (χ3v) is 9.19. The lowest BCUT2D eigenvalue weighted by molar-refractivity contribution is 0.102. The van der Waals surface area contributed by atoms with Crippen molar-refractivity contribution in [2.24, 2.45) is 17.8 Å². The van der Waals surface area contributed by atoms with Crippen LogP contribution in [0, 0.1) is 17.8 Å². The molecule has 0 spiro atoms. The third kappa shape index (κ3) is 6.95. The number of aryl methyl sites for hydroxylation is 3. The molecule has 2 aliphatic carbocycles. The number of fused-ring (bicyclic) bond motifs is 3. The molecular weight excluding hydrogens is 548 g/mol. The van der Waals surface area contributed by atoms with Crippen LogP contribution in [0.2, 0.25) is 0 Å². The monoisotopic (exact) mass is 592 g/mol. The first kappa shape index (κ1) is 29.9. The smallest absolute Gasteiger partial charge is 0.261 e. The molecule has 3 N–H and O–H groups in total. The molecule has 4 aromatic rings. The number of nitrogens with one attached hydrogen (secondary N) is 1. The quantitative estimate of drug-likeness (QED) is 0.198. The Labute approximate surface area is 260 Å². The highest BCUT2D eigenvalue weighted by Crippen LogP contribution is 2.35. The number of hydrogen-bond donors (Lipinski definition) is 2. The second kappa shape index (κ2) is 13.2. The van der Waals surface area contributed by atoms with Crippen molar-refractivity contribution in [3.8, 4) is 23.0 Å². The first-order valence-corrected chi connectivity index (χ1v) is 16.2. The lowest BCUT2D eigenvalue weighted by Crippen LogP contribution is -2.13. The number of ether oxygens (including phenoxy) is 1. The van der Waals surface area contributed by atoms with Gasteiger partial charge in [-0.1, -0.05) is 58.6 Å². The first-order valence-electron chi connectivity index (χ1n) is 16.2. The van der Waals surface area contributed by atoms with Crippen molar-refractivity contribution >= 4 is 17.4 Å². The van der Waals surface area contributed by atoms with Gasteiger partial charge in [-0.15, -0.1) is 5.10 Å². The Bertz CT molecular complexity index is 1600. The standard InChI is InChI=1S/C36H44N6O2/c1-23(2)18-19-44-30-16-17-31-27(20-30)12-13-28-21-38-36(40-33(28)31)42-22-32(34(37)41-42)35(43)39-29-14-10-26(11-15-29)9-8-25-6-4-24(3)5-7-25/h10-11,14-17,20-25H,4-9,12-13,18-19H2,1-3H3,(H2,37,41)(H,39,43). The number of nitrogen functional groups attached to an aromatic ring is 1. The van der Waals surface area contributed by atoms with Crippen LogP contribution in [0.1, 0.15) is 86.3 Å². The molecule has 0 unspecified atom stereocenters. The number of rotatable bonds is 10. The Kier molecular flexibility index (Phi) is 8.96. The maximum absolute atomic E-state index is 13.2. The summed E-state index contributed by atoms with van der Waals surface area (Å²) in [5.74, 6) is 3.40. The summed E-state index contributed by atoms with van der Waals surface area (Å²) in [4.78, 5) is 22.6. The van der Waals surface area contributed by atoms with Crippen LogP contribution in [0.3, 0.4) is 0 Å². The number of carbonyl (C=O) groups excluding carboxylic acids is 1. The highest BCUT2D eigenvalue weighted by molar-refractivity contribution is 6.07. The number of nitrogens with two attached hydrogens (primary N) is 1. The lowest BCUT2D eigenvalue weighted by atomic mass is 9.80. The van der Waals surface area contributed by atoms with E-state index in [9.17, 15) is 4.79 Å². The summed E-state index contributed by atoms with van der Waals surface area (Å²) in [7, 11) is 0. The topological polar surface area (TPSA) is 108 Å². The molecule has 8 heteroatoms. The van der Waals surface area contributed by atoms with Crippen molar-refractivity contribution in [3.63, 3.8) is 0 Å². The van der Waals surface area contributed by atoms with Crippen LogP contribution in [-0.2, 0) is 19.3 Å². The number of nitrogens with zero attached hydrogens (tertiary/aromatic N) is 4. The van der Waals surface area contributed by atoms with Crippen LogP contribution in [0.15, 0.2) is 54.9 Å². The number of aromatic nitrogens is 4. The minimum Gasteiger partial charge on any atom is -0.494 e. The molecule has 44 heavy (non-hydrogen) atoms. The summed E-state index contributed by atoms with van der Waals surface area (Å²) in [6, 6.07) is 14.3. The molecule has 1 fully saturated rings. The van der Waals surface area contributed by atoms with Crippen molar-refractivity contribution in [1.29, 1.82) is 0 Å². The van der Waals surface area contributed by atoms with Crippen molar-refractivity contribution in [1.82, 2.24) is 19.7 Å². The van der Waals surface area contributed by atoms with E-state index in [0.29, 0.717) is 18.5 Å². The van der Waals surface area contributed by atoms with Gasteiger partial charge in [0.2, 0.25) is 0 Å². The van der Waals surface area contributed by atoms with E-state index in [4.69, 9.17) is 15.5 Å². The minimum absolute atomic E-state index is 0.130. The lowest BCUT2D eigenvalue weighted by Gasteiger charge is -2.26. The average molecular weight is 593 g/mol. The van der Waals surface area contributed by atoms with Gasteiger partial charge in [-0.05, 0) is 96.9 Å². The van der Waals surface area contributed by atoms with Crippen molar-refractivity contribution in [2.45, 2.75) is 78.6 Å². The highest BCUT2D eigenvalue weighted by atomic mass is 16.5. The fourth-order valence-electron chi connectivity index (χ4n) is 6.31. The molecule has 6 rings (SSSR count). The zero-order chi connectivity index (χ0) is 30.6. The van der Waals surface area contributed by atoms with Gasteiger partial charge < -0.3 is 15.8 Å². The Morgan fingerprint density at radius 1 is 1.07 bits per heavy atom. The van der Waals surface area contributed by atoms with Gasteiger partial charge in [0.15, 0.2) is 5.82 Å². The Balaban J connectivity index is 1.11. The third-order valence-electron chi connectivity index (χ3n) is 9.19. The van der Waals surface area contributed by atoms with Gasteiger partial charge in [-0.25, -0.2) is 14.6 Å². The zero-order valence-electron chi connectivity index (χ0n) is 26.2. The number of hydrogen-bond acceptors (Lipinski definition) is 6. The van der Waals surface area contributed by atoms with E-state index in [0.717, 1.165) is 65.8 Å². The molecule has 0 aliphatic heterocycles. The molecule has 230 valence electrons. The predicted octanol–water partition coefficient (Wildman–Crippen LogP) is 7.45. The summed E-state index contributed by atoms with van der Waals surface area (Å²) in [5.41, 5.74) is 12.8. The summed E-state index contributed by atoms with van der Waals surface area (Å²) < 4.78 is 7.47. The molecule has 1 saturated carbocycles. The molecular formula is C36H44N6O2. The van der Waals surface area contributed by atoms with Gasteiger partial charge in [-0.2, -0.15) is 0 Å². The Morgan fingerprint density at radius 2 is 1.84 bits per heavy atom. The largest absolute Gasteiger partial charge is 0.494 e. The van der Waals surface area contributed by atoms with E-state index in [-0.39, 0.29) is 17.3 Å². The van der Waals surface area contributed by atoms with Gasteiger partial charge in [0, 0.05) is 23.6 Å². The molecule has 0 bridgehead atoms. The summed E-state index contributed by atoms with van der Waals surface area (Å²) in [5, 5.41) is 7.35. The second-order valence-corrected chi connectivity index (χ2v) is 13.1. The van der Waals surface area contributed by atoms with Gasteiger partial charge in [0.25, 0.3) is 11.9 Å². The molecule has 8 nitrogen and oxygen atoms in total. The molecule has 0 saturated heterocycles. The first-order chi connectivity index (χ1) is 21.3. The molecule has 2 aromatic carbocycles. The van der Waals surface area contributed by atoms with E-state index in [2.05, 4.69) is 60.4 Å². The fraction of sp³-hybridized carbons (Fsp3) is 0.444. The Morgan fingerprint density at radius 3 is 2.61 bits per heavy atom. The van der Waals surface area contributed by atoms with Gasteiger partial charge in [0.1, 0.15) is 11.3 Å². The van der Waals surface area contributed by atoms with Crippen molar-refractivity contribution in [3.05, 3.63) is 77.1 Å². The van der Waals surface area contributed by atoms with Crippen LogP contribution in [0.4, 0.5) is 11.5 Å². The summed E-state index contributed by atoms with van der Waals surface area (Å²) >= 11 is 0.